The molecule has 0 aromatic carbocycles. The molecule has 24 heavy (non-hydrogen) atoms. The maximum absolute atomic E-state index is 12.9. The Morgan fingerprint density at radius 3 is 2.67 bits per heavy atom. The van der Waals surface area contributed by atoms with Crippen molar-refractivity contribution in [3.63, 3.8) is 0 Å². The highest BCUT2D eigenvalue weighted by atomic mass is 16.3. The number of hydrogen-bond donors (Lipinski definition) is 3. The van der Waals surface area contributed by atoms with Gasteiger partial charge in [-0.1, -0.05) is 20.8 Å². The molecule has 1 unspecified atom stereocenters. The van der Waals surface area contributed by atoms with Crippen LogP contribution in [0.4, 0.5) is 0 Å². The SMILES string of the molecule is CC(C)(C)CN1C(=O)C(C(=O)NC2CC2)=C(O)N2NC(C=O)C=C12. The fraction of sp³-hybridized carbons (Fsp3) is 0.562. The molecule has 1 atom stereocenters. The number of carbonyl (C=O) groups excluding carboxylic acids is 3. The van der Waals surface area contributed by atoms with E-state index in [4.69, 9.17) is 0 Å². The van der Waals surface area contributed by atoms with Gasteiger partial charge < -0.3 is 15.2 Å². The first-order valence-electron chi connectivity index (χ1n) is 8.00. The van der Waals surface area contributed by atoms with Gasteiger partial charge in [0.25, 0.3) is 11.8 Å². The lowest BCUT2D eigenvalue weighted by molar-refractivity contribution is -0.133. The molecule has 0 aromatic heterocycles. The van der Waals surface area contributed by atoms with Crippen LogP contribution in [0.3, 0.4) is 0 Å². The zero-order chi connectivity index (χ0) is 17.6. The molecule has 130 valence electrons. The van der Waals surface area contributed by atoms with Gasteiger partial charge in [-0.05, 0) is 24.3 Å². The van der Waals surface area contributed by atoms with Crippen LogP contribution in [0.15, 0.2) is 23.4 Å². The van der Waals surface area contributed by atoms with Crippen LogP contribution in [0.25, 0.3) is 0 Å². The number of aldehydes is 1. The highest BCUT2D eigenvalue weighted by Gasteiger charge is 2.44. The molecule has 2 amide bonds. The molecule has 0 spiro atoms. The van der Waals surface area contributed by atoms with E-state index in [1.807, 2.05) is 20.8 Å². The Kier molecular flexibility index (Phi) is 3.87. The summed E-state index contributed by atoms with van der Waals surface area (Å²) in [6.45, 7) is 6.24. The zero-order valence-corrected chi connectivity index (χ0v) is 14.0. The second-order valence-electron chi connectivity index (χ2n) is 7.55. The minimum absolute atomic E-state index is 0.0628. The van der Waals surface area contributed by atoms with Gasteiger partial charge in [-0.3, -0.25) is 14.5 Å². The number of amides is 2. The van der Waals surface area contributed by atoms with E-state index < -0.39 is 23.7 Å². The highest BCUT2D eigenvalue weighted by molar-refractivity contribution is 6.19. The van der Waals surface area contributed by atoms with Crippen molar-refractivity contribution < 1.29 is 19.5 Å². The van der Waals surface area contributed by atoms with Gasteiger partial charge in [0, 0.05) is 12.6 Å². The van der Waals surface area contributed by atoms with E-state index in [0.29, 0.717) is 18.7 Å². The minimum atomic E-state index is -0.664. The molecule has 3 N–H and O–H groups in total. The Hall–Kier alpha value is -2.35. The second-order valence-corrected chi connectivity index (χ2v) is 7.55. The smallest absolute Gasteiger partial charge is 0.270 e. The van der Waals surface area contributed by atoms with Crippen molar-refractivity contribution >= 4 is 18.1 Å². The second kappa shape index (κ2) is 5.62. The monoisotopic (exact) mass is 334 g/mol. The van der Waals surface area contributed by atoms with E-state index in [-0.39, 0.29) is 17.0 Å². The molecular weight excluding hydrogens is 312 g/mol. The number of hydrogen-bond acceptors (Lipinski definition) is 6. The Balaban J connectivity index is 1.98. The number of nitrogens with one attached hydrogen (secondary N) is 2. The molecule has 0 saturated heterocycles. The minimum Gasteiger partial charge on any atom is -0.493 e. The Morgan fingerprint density at radius 2 is 2.12 bits per heavy atom. The lowest BCUT2D eigenvalue weighted by atomic mass is 9.95. The summed E-state index contributed by atoms with van der Waals surface area (Å²) in [4.78, 5) is 37.8. The average molecular weight is 334 g/mol. The van der Waals surface area contributed by atoms with Crippen LogP contribution in [-0.2, 0) is 14.4 Å². The van der Waals surface area contributed by atoms with Crippen LogP contribution in [0.5, 0.6) is 0 Å². The predicted molar refractivity (Wildman–Crippen MR) is 84.9 cm³/mol. The number of aliphatic hydroxyl groups excluding tert-OH is 1. The fourth-order valence-corrected chi connectivity index (χ4v) is 2.70. The summed E-state index contributed by atoms with van der Waals surface area (Å²) in [6, 6.07) is -0.601. The topological polar surface area (TPSA) is 102 Å². The molecule has 0 bridgehead atoms. The molecule has 1 fully saturated rings. The van der Waals surface area contributed by atoms with Crippen LogP contribution in [0.2, 0.25) is 0 Å². The van der Waals surface area contributed by atoms with Crippen LogP contribution >= 0.6 is 0 Å². The lowest BCUT2D eigenvalue weighted by Crippen LogP contribution is -2.52. The molecule has 0 aromatic rings. The third-order valence-corrected chi connectivity index (χ3v) is 3.93. The summed E-state index contributed by atoms with van der Waals surface area (Å²) in [5.74, 6) is -1.25. The molecule has 3 aliphatic rings. The summed E-state index contributed by atoms with van der Waals surface area (Å²) in [7, 11) is 0. The normalized spacial score (nSPS) is 24.0. The molecule has 8 heteroatoms. The fourth-order valence-electron chi connectivity index (χ4n) is 2.70. The van der Waals surface area contributed by atoms with Crippen LogP contribution in [0, 0.1) is 5.41 Å². The van der Waals surface area contributed by atoms with Crippen molar-refractivity contribution in [2.45, 2.75) is 45.7 Å². The van der Waals surface area contributed by atoms with Gasteiger partial charge in [0.15, 0.2) is 5.57 Å². The average Bonchev–Trinajstić information content (AvgIpc) is 3.17. The first-order valence-corrected chi connectivity index (χ1v) is 8.00. The summed E-state index contributed by atoms with van der Waals surface area (Å²) in [5.41, 5.74) is 2.24. The Morgan fingerprint density at radius 1 is 1.46 bits per heavy atom. The van der Waals surface area contributed by atoms with Crippen molar-refractivity contribution in [3.8, 4) is 0 Å². The van der Waals surface area contributed by atoms with Gasteiger partial charge in [-0.2, -0.15) is 0 Å². The van der Waals surface area contributed by atoms with Gasteiger partial charge in [0.2, 0.25) is 5.88 Å². The molecule has 0 radical (unpaired) electrons. The van der Waals surface area contributed by atoms with E-state index in [1.165, 1.54) is 9.91 Å². The van der Waals surface area contributed by atoms with Gasteiger partial charge in [-0.15, -0.1) is 0 Å². The molecule has 2 aliphatic heterocycles. The number of fused-ring (bicyclic) bond motifs is 1. The van der Waals surface area contributed by atoms with Crippen molar-refractivity contribution in [1.82, 2.24) is 20.7 Å². The molecule has 1 aliphatic carbocycles. The van der Waals surface area contributed by atoms with Crippen molar-refractivity contribution in [2.75, 3.05) is 6.54 Å². The maximum atomic E-state index is 12.9. The van der Waals surface area contributed by atoms with E-state index >= 15 is 0 Å². The zero-order valence-electron chi connectivity index (χ0n) is 14.0. The Bertz CT molecular complexity index is 657. The molecule has 1 saturated carbocycles. The van der Waals surface area contributed by atoms with Gasteiger partial charge in [0.1, 0.15) is 18.1 Å². The van der Waals surface area contributed by atoms with Gasteiger partial charge in [-0.25, -0.2) is 10.4 Å². The Labute approximate surface area is 140 Å². The van der Waals surface area contributed by atoms with Crippen LogP contribution < -0.4 is 10.7 Å². The van der Waals surface area contributed by atoms with Gasteiger partial charge in [0.05, 0.1) is 0 Å². The summed E-state index contributed by atoms with van der Waals surface area (Å²) in [5, 5.41) is 14.4. The molecule has 2 heterocycles. The number of hydrazine groups is 1. The largest absolute Gasteiger partial charge is 0.493 e. The van der Waals surface area contributed by atoms with Crippen molar-refractivity contribution in [2.24, 2.45) is 5.41 Å². The number of nitrogens with zero attached hydrogens (tertiary/aromatic N) is 2. The van der Waals surface area contributed by atoms with Crippen molar-refractivity contribution in [1.29, 1.82) is 0 Å². The summed E-state index contributed by atoms with van der Waals surface area (Å²) >= 11 is 0. The van der Waals surface area contributed by atoms with Gasteiger partial charge >= 0.3 is 0 Å². The first kappa shape index (κ1) is 16.5. The summed E-state index contributed by atoms with van der Waals surface area (Å²) in [6.07, 6.45) is 3.98. The predicted octanol–water partition coefficient (Wildman–Crippen LogP) is 0.152. The number of carbonyl (C=O) groups is 3. The third kappa shape index (κ3) is 3.01. The maximum Gasteiger partial charge on any atom is 0.270 e. The number of rotatable bonds is 4. The van der Waals surface area contributed by atoms with E-state index in [0.717, 1.165) is 12.8 Å². The first-order chi connectivity index (χ1) is 11.2. The highest BCUT2D eigenvalue weighted by Crippen LogP contribution is 2.32. The standard InChI is InChI=1S/C16H22N4O4/c1-16(2,3)8-19-11-6-10(7-21)18-20(11)15(24)12(14(19)23)13(22)17-9-4-5-9/h6-7,9-10,18,24H,4-5,8H2,1-3H3,(H,17,22). The number of aliphatic hydroxyl groups is 1. The van der Waals surface area contributed by atoms with Crippen LogP contribution in [-0.4, -0.2) is 51.7 Å². The van der Waals surface area contributed by atoms with E-state index in [1.54, 1.807) is 6.08 Å². The lowest BCUT2D eigenvalue weighted by Gasteiger charge is -2.38. The third-order valence-electron chi connectivity index (χ3n) is 3.93. The molecular formula is C16H22N4O4. The quantitative estimate of drug-likeness (QED) is 0.500. The van der Waals surface area contributed by atoms with E-state index in [2.05, 4.69) is 10.7 Å². The van der Waals surface area contributed by atoms with E-state index in [9.17, 15) is 19.5 Å². The molecule has 8 nitrogen and oxygen atoms in total. The molecule has 3 rings (SSSR count). The van der Waals surface area contributed by atoms with Crippen LogP contribution in [0.1, 0.15) is 33.6 Å². The van der Waals surface area contributed by atoms with Crippen molar-refractivity contribution in [3.05, 3.63) is 23.4 Å². The summed E-state index contributed by atoms with van der Waals surface area (Å²) < 4.78 is 0.